The van der Waals surface area contributed by atoms with Gasteiger partial charge in [-0.1, -0.05) is 29.8 Å². The fraction of sp³-hybridized carbons (Fsp3) is 0.636. The van der Waals surface area contributed by atoms with E-state index in [-0.39, 0.29) is 23.8 Å². The predicted molar refractivity (Wildman–Crippen MR) is 114 cm³/mol. The van der Waals surface area contributed by atoms with Gasteiger partial charge in [-0.25, -0.2) is 0 Å². The van der Waals surface area contributed by atoms with Crippen molar-refractivity contribution >= 4 is 23.5 Å². The SMILES string of the molecule is CCOC(=O)[C@@H]1CCCN(CC(=O)NC[C@@H](c2ccccc2Cl)N2CCCC2)C1. The largest absolute Gasteiger partial charge is 0.466 e. The Morgan fingerprint density at radius 1 is 1.21 bits per heavy atom. The third-order valence-corrected chi connectivity index (χ3v) is 6.18. The molecule has 1 amide bonds. The summed E-state index contributed by atoms with van der Waals surface area (Å²) in [5.41, 5.74) is 1.07. The van der Waals surface area contributed by atoms with Gasteiger partial charge in [0.2, 0.25) is 5.91 Å². The zero-order chi connectivity index (χ0) is 20.6. The van der Waals surface area contributed by atoms with Crippen LogP contribution in [0.1, 0.15) is 44.2 Å². The summed E-state index contributed by atoms with van der Waals surface area (Å²) >= 11 is 6.45. The Bertz CT molecular complexity index is 694. The normalized spacial score (nSPS) is 21.7. The molecule has 0 unspecified atom stereocenters. The van der Waals surface area contributed by atoms with Crippen LogP contribution in [-0.4, -0.2) is 67.6 Å². The molecule has 0 aromatic heterocycles. The van der Waals surface area contributed by atoms with Crippen molar-refractivity contribution in [1.82, 2.24) is 15.1 Å². The van der Waals surface area contributed by atoms with Crippen LogP contribution in [0, 0.1) is 5.92 Å². The highest BCUT2D eigenvalue weighted by Crippen LogP contribution is 2.29. The molecule has 1 aromatic carbocycles. The Kier molecular flexibility index (Phi) is 8.33. The van der Waals surface area contributed by atoms with Gasteiger partial charge in [-0.15, -0.1) is 0 Å². The number of hydrogen-bond acceptors (Lipinski definition) is 5. The van der Waals surface area contributed by atoms with Gasteiger partial charge in [-0.3, -0.25) is 19.4 Å². The van der Waals surface area contributed by atoms with Crippen LogP contribution in [0.4, 0.5) is 0 Å². The highest BCUT2D eigenvalue weighted by Gasteiger charge is 2.29. The molecular formula is C22H32ClN3O3. The molecule has 160 valence electrons. The van der Waals surface area contributed by atoms with Gasteiger partial charge in [0.25, 0.3) is 0 Å². The molecule has 3 rings (SSSR count). The van der Waals surface area contributed by atoms with Crippen LogP contribution in [0.25, 0.3) is 0 Å². The van der Waals surface area contributed by atoms with Gasteiger partial charge in [0.05, 0.1) is 25.1 Å². The van der Waals surface area contributed by atoms with Gasteiger partial charge in [-0.05, 0) is 63.9 Å². The second-order valence-electron chi connectivity index (χ2n) is 7.91. The van der Waals surface area contributed by atoms with Crippen molar-refractivity contribution in [1.29, 1.82) is 0 Å². The van der Waals surface area contributed by atoms with Gasteiger partial charge in [0.15, 0.2) is 0 Å². The van der Waals surface area contributed by atoms with Crippen molar-refractivity contribution in [3.63, 3.8) is 0 Å². The van der Waals surface area contributed by atoms with Crippen LogP contribution in [0.2, 0.25) is 5.02 Å². The molecule has 0 saturated carbocycles. The van der Waals surface area contributed by atoms with Crippen molar-refractivity contribution in [3.05, 3.63) is 34.9 Å². The summed E-state index contributed by atoms with van der Waals surface area (Å²) in [6.07, 6.45) is 4.10. The maximum atomic E-state index is 12.6. The minimum Gasteiger partial charge on any atom is -0.466 e. The minimum atomic E-state index is -0.148. The van der Waals surface area contributed by atoms with Crippen LogP contribution in [0.3, 0.4) is 0 Å². The number of hydrogen-bond donors (Lipinski definition) is 1. The zero-order valence-electron chi connectivity index (χ0n) is 17.2. The number of benzene rings is 1. The maximum absolute atomic E-state index is 12.6. The molecule has 0 aliphatic carbocycles. The van der Waals surface area contributed by atoms with E-state index in [2.05, 4.69) is 15.1 Å². The standard InChI is InChI=1S/C22H32ClN3O3/c1-2-29-22(28)17-8-7-11-25(15-17)16-21(27)24-14-20(26-12-5-6-13-26)18-9-3-4-10-19(18)23/h3-4,9-10,17,20H,2,5-8,11-16H2,1H3,(H,24,27)/t17-,20+/m1/s1. The Morgan fingerprint density at radius 3 is 2.69 bits per heavy atom. The first-order chi connectivity index (χ1) is 14.1. The maximum Gasteiger partial charge on any atom is 0.310 e. The molecule has 0 bridgehead atoms. The predicted octanol–water partition coefficient (Wildman–Crippen LogP) is 2.87. The molecule has 2 heterocycles. The number of amides is 1. The Labute approximate surface area is 178 Å². The summed E-state index contributed by atoms with van der Waals surface area (Å²) in [5, 5.41) is 3.85. The van der Waals surface area contributed by atoms with E-state index in [0.717, 1.165) is 43.1 Å². The highest BCUT2D eigenvalue weighted by atomic mass is 35.5. The molecule has 7 heteroatoms. The number of carbonyl (C=O) groups excluding carboxylic acids is 2. The van der Waals surface area contributed by atoms with Crippen molar-refractivity contribution in [2.45, 2.75) is 38.6 Å². The van der Waals surface area contributed by atoms with E-state index in [1.807, 2.05) is 31.2 Å². The fourth-order valence-electron chi connectivity index (χ4n) is 4.36. The number of piperidine rings is 1. The molecule has 2 saturated heterocycles. The molecule has 2 fully saturated rings. The number of halogens is 1. The summed E-state index contributed by atoms with van der Waals surface area (Å²) in [4.78, 5) is 29.1. The van der Waals surface area contributed by atoms with Crippen molar-refractivity contribution in [2.24, 2.45) is 5.92 Å². The van der Waals surface area contributed by atoms with E-state index in [4.69, 9.17) is 16.3 Å². The summed E-state index contributed by atoms with van der Waals surface area (Å²) in [6, 6.07) is 7.97. The van der Waals surface area contributed by atoms with E-state index in [0.29, 0.717) is 26.2 Å². The van der Waals surface area contributed by atoms with Gasteiger partial charge >= 0.3 is 5.97 Å². The number of carbonyl (C=O) groups is 2. The van der Waals surface area contributed by atoms with Gasteiger partial charge in [0, 0.05) is 18.1 Å². The topological polar surface area (TPSA) is 61.9 Å². The van der Waals surface area contributed by atoms with Crippen LogP contribution < -0.4 is 5.32 Å². The molecule has 2 aliphatic heterocycles. The van der Waals surface area contributed by atoms with Gasteiger partial charge in [-0.2, -0.15) is 0 Å². The average molecular weight is 422 g/mol. The summed E-state index contributed by atoms with van der Waals surface area (Å²) in [5.74, 6) is -0.284. The number of rotatable bonds is 8. The monoisotopic (exact) mass is 421 g/mol. The number of esters is 1. The van der Waals surface area contributed by atoms with Gasteiger partial charge in [0.1, 0.15) is 0 Å². The number of ether oxygens (including phenoxy) is 1. The summed E-state index contributed by atoms with van der Waals surface area (Å²) in [7, 11) is 0. The van der Waals surface area contributed by atoms with E-state index < -0.39 is 0 Å². The van der Waals surface area contributed by atoms with Crippen LogP contribution in [0.5, 0.6) is 0 Å². The lowest BCUT2D eigenvalue weighted by Gasteiger charge is -2.32. The lowest BCUT2D eigenvalue weighted by molar-refractivity contribution is -0.150. The second kappa shape index (κ2) is 11.0. The quantitative estimate of drug-likeness (QED) is 0.654. The average Bonchev–Trinajstić information content (AvgIpc) is 3.24. The Hall–Kier alpha value is -1.63. The third kappa shape index (κ3) is 6.17. The van der Waals surface area contributed by atoms with Crippen LogP contribution in [0.15, 0.2) is 24.3 Å². The first kappa shape index (κ1) is 22.1. The fourth-order valence-corrected chi connectivity index (χ4v) is 4.62. The Morgan fingerprint density at radius 2 is 1.97 bits per heavy atom. The molecule has 2 atom stereocenters. The van der Waals surface area contributed by atoms with Crippen molar-refractivity contribution in [3.8, 4) is 0 Å². The van der Waals surface area contributed by atoms with Crippen molar-refractivity contribution < 1.29 is 14.3 Å². The van der Waals surface area contributed by atoms with E-state index >= 15 is 0 Å². The van der Waals surface area contributed by atoms with Gasteiger partial charge < -0.3 is 10.1 Å². The third-order valence-electron chi connectivity index (χ3n) is 5.83. The molecule has 2 aliphatic rings. The first-order valence-electron chi connectivity index (χ1n) is 10.7. The Balaban J connectivity index is 1.55. The van der Waals surface area contributed by atoms with E-state index in [1.165, 1.54) is 12.8 Å². The molecular weight excluding hydrogens is 390 g/mol. The molecule has 29 heavy (non-hydrogen) atoms. The number of nitrogens with zero attached hydrogens (tertiary/aromatic N) is 2. The lowest BCUT2D eigenvalue weighted by Crippen LogP contribution is -2.46. The van der Waals surface area contributed by atoms with Crippen LogP contribution in [-0.2, 0) is 14.3 Å². The molecule has 6 nitrogen and oxygen atoms in total. The second-order valence-corrected chi connectivity index (χ2v) is 8.32. The van der Waals surface area contributed by atoms with Crippen molar-refractivity contribution in [2.75, 3.05) is 45.9 Å². The molecule has 0 radical (unpaired) electrons. The zero-order valence-corrected chi connectivity index (χ0v) is 18.0. The molecule has 1 N–H and O–H groups in total. The summed E-state index contributed by atoms with van der Waals surface area (Å²) < 4.78 is 5.15. The number of likely N-dealkylation sites (tertiary alicyclic amines) is 2. The van der Waals surface area contributed by atoms with Crippen LogP contribution >= 0.6 is 11.6 Å². The van der Waals surface area contributed by atoms with E-state index in [1.54, 1.807) is 0 Å². The number of nitrogens with one attached hydrogen (secondary N) is 1. The smallest absolute Gasteiger partial charge is 0.310 e. The highest BCUT2D eigenvalue weighted by molar-refractivity contribution is 6.31. The summed E-state index contributed by atoms with van der Waals surface area (Å²) in [6.45, 7) is 6.55. The first-order valence-corrected chi connectivity index (χ1v) is 11.1. The minimum absolute atomic E-state index is 0.00856. The molecule has 0 spiro atoms. The van der Waals surface area contributed by atoms with E-state index in [9.17, 15) is 9.59 Å². The lowest BCUT2D eigenvalue weighted by atomic mass is 9.98. The molecule has 1 aromatic rings.